The topological polar surface area (TPSA) is 202 Å². The van der Waals surface area contributed by atoms with Gasteiger partial charge in [-0.15, -0.1) is 0 Å². The van der Waals surface area contributed by atoms with Crippen LogP contribution < -0.4 is 37.2 Å². The largest absolute Gasteiger partial charge is 0.361 e. The Balaban J connectivity index is 2.31. The lowest BCUT2D eigenvalue weighted by molar-refractivity contribution is -0.134. The molecule has 15 heteroatoms. The monoisotopic (exact) mass is 841 g/mol. The number of hydrogen-bond acceptors (Lipinski definition) is 8. The summed E-state index contributed by atoms with van der Waals surface area (Å²) in [6.45, 7) is 24.1. The van der Waals surface area contributed by atoms with E-state index in [1.807, 2.05) is 120 Å². The molecule has 0 saturated heterocycles. The van der Waals surface area contributed by atoms with Gasteiger partial charge in [0.05, 0.1) is 6.04 Å². The highest BCUT2D eigenvalue weighted by molar-refractivity contribution is 7.81. The first-order chi connectivity index (χ1) is 27.5. The Kier molecular flexibility index (Phi) is 20.2. The Labute approximate surface area is 357 Å². The number of allylic oxidation sites excluding steroid dienone is 1. The van der Waals surface area contributed by atoms with Gasteiger partial charge in [-0.3, -0.25) is 28.8 Å². The molecule has 1 aromatic carbocycles. The lowest BCUT2D eigenvalue weighted by Gasteiger charge is -2.34. The van der Waals surface area contributed by atoms with Crippen molar-refractivity contribution in [3.8, 4) is 0 Å². The van der Waals surface area contributed by atoms with E-state index in [0.717, 1.165) is 16.5 Å². The number of carbonyl (C=O) groups is 6. The average molecular weight is 841 g/mol. The average Bonchev–Trinajstić information content (AvgIpc) is 3.55. The van der Waals surface area contributed by atoms with Crippen LogP contribution in [0.4, 0.5) is 0 Å². The summed E-state index contributed by atoms with van der Waals surface area (Å²) in [4.78, 5) is 84.0. The molecule has 1 aromatic heterocycles. The second kappa shape index (κ2) is 23.4. The van der Waals surface area contributed by atoms with Gasteiger partial charge in [0.15, 0.2) is 0 Å². The predicted molar refractivity (Wildman–Crippen MR) is 238 cm³/mol. The summed E-state index contributed by atoms with van der Waals surface area (Å²) in [5.74, 6) is -2.91. The summed E-state index contributed by atoms with van der Waals surface area (Å²) in [7, 11) is 0. The van der Waals surface area contributed by atoms with Crippen molar-refractivity contribution in [2.75, 3.05) is 6.54 Å². The van der Waals surface area contributed by atoms with Crippen LogP contribution >= 0.6 is 12.6 Å². The van der Waals surface area contributed by atoms with Crippen LogP contribution in [0.1, 0.15) is 102 Å². The number of rotatable bonds is 22. The normalized spacial score (nSPS) is 15.7. The molecule has 330 valence electrons. The highest BCUT2D eigenvalue weighted by Crippen LogP contribution is 2.23. The van der Waals surface area contributed by atoms with Crippen LogP contribution in [0.2, 0.25) is 0 Å². The van der Waals surface area contributed by atoms with Crippen molar-refractivity contribution in [2.45, 2.75) is 144 Å². The van der Waals surface area contributed by atoms with Crippen LogP contribution in [0.5, 0.6) is 0 Å². The van der Waals surface area contributed by atoms with E-state index in [2.05, 4.69) is 42.2 Å². The minimum absolute atomic E-state index is 0.0785. The molecule has 0 bridgehead atoms. The van der Waals surface area contributed by atoms with Crippen molar-refractivity contribution in [2.24, 2.45) is 29.1 Å². The Morgan fingerprint density at radius 2 is 1.31 bits per heavy atom. The molecule has 2 rings (SSSR count). The van der Waals surface area contributed by atoms with Gasteiger partial charge in [-0.25, -0.2) is 0 Å². The van der Waals surface area contributed by atoms with Gasteiger partial charge in [0, 0.05) is 54.5 Å². The molecule has 1 heterocycles. The molecule has 14 nitrogen and oxygen atoms in total. The lowest BCUT2D eigenvalue weighted by Crippen LogP contribution is -2.62. The molecule has 2 aromatic rings. The maximum Gasteiger partial charge on any atom is 0.246 e. The minimum atomic E-state index is -1.04. The van der Waals surface area contributed by atoms with Crippen molar-refractivity contribution < 1.29 is 28.8 Å². The highest BCUT2D eigenvalue weighted by Gasteiger charge is 2.38. The number of para-hydroxylation sites is 1. The van der Waals surface area contributed by atoms with Gasteiger partial charge in [-0.2, -0.15) is 12.6 Å². The van der Waals surface area contributed by atoms with Crippen LogP contribution in [0, 0.1) is 29.1 Å². The fourth-order valence-corrected chi connectivity index (χ4v) is 6.71. The first kappa shape index (κ1) is 50.8. The van der Waals surface area contributed by atoms with E-state index in [0.29, 0.717) is 6.42 Å². The fraction of sp³-hybridized carbons (Fsp3) is 0.636. The summed E-state index contributed by atoms with van der Waals surface area (Å²) in [5.41, 5.74) is 1.00. The number of H-pyrrole nitrogens is 1. The second-order valence-electron chi connectivity index (χ2n) is 17.9. The predicted octanol–water partition coefficient (Wildman–Crippen LogP) is 4.12. The second-order valence-corrected chi connectivity index (χ2v) is 18.6. The van der Waals surface area contributed by atoms with Gasteiger partial charge in [0.1, 0.15) is 24.2 Å². The van der Waals surface area contributed by atoms with E-state index in [9.17, 15) is 28.8 Å². The first-order valence-corrected chi connectivity index (χ1v) is 21.4. The van der Waals surface area contributed by atoms with Crippen molar-refractivity contribution in [3.63, 3.8) is 0 Å². The van der Waals surface area contributed by atoms with Crippen LogP contribution in [-0.4, -0.2) is 88.5 Å². The number of carbonyl (C=O) groups excluding carboxylic acids is 6. The number of amides is 6. The number of hydrogen-bond donors (Lipinski definition) is 9. The van der Waals surface area contributed by atoms with E-state index in [4.69, 9.17) is 12.6 Å². The number of thiol groups is 1. The van der Waals surface area contributed by atoms with Crippen molar-refractivity contribution >= 4 is 59.0 Å². The minimum Gasteiger partial charge on any atom is -0.361 e. The molecule has 59 heavy (non-hydrogen) atoms. The summed E-state index contributed by atoms with van der Waals surface area (Å²) in [5, 5.41) is 21.1. The van der Waals surface area contributed by atoms with Gasteiger partial charge in [-0.1, -0.05) is 107 Å². The zero-order valence-corrected chi connectivity index (χ0v) is 38.3. The van der Waals surface area contributed by atoms with Crippen LogP contribution in [0.25, 0.3) is 10.9 Å². The zero-order valence-electron chi connectivity index (χ0n) is 37.4. The smallest absolute Gasteiger partial charge is 0.246 e. The third-order valence-corrected chi connectivity index (χ3v) is 10.8. The number of aromatic amines is 1. The Morgan fingerprint density at radius 1 is 0.729 bits per heavy atom. The molecule has 0 aliphatic heterocycles. The molecule has 7 atom stereocenters. The molecule has 0 spiro atoms. The maximum atomic E-state index is 14.2. The van der Waals surface area contributed by atoms with Gasteiger partial charge in [0.25, 0.3) is 0 Å². The lowest BCUT2D eigenvalue weighted by atomic mass is 9.85. The molecule has 0 radical (unpaired) electrons. The number of benzene rings is 1. The third-order valence-electron chi connectivity index (χ3n) is 10.2. The Hall–Kier alpha value is -4.37. The molecule has 6 amide bonds. The SMILES string of the molecule is CCC(S)[C@H](NC[C@@H](NC(=O)[C@H](NC(=O)[C@@H](NC(C)=O)C(C)C)C(C)C)C(C)C)C(=O)N[C@@H](C(=O)N[C@@H](Cc1c[nH]c2ccccc12)C(=O)N/C=C/C(C)C)C(C)(C)C. The van der Waals surface area contributed by atoms with E-state index in [1.165, 1.54) is 6.92 Å². The van der Waals surface area contributed by atoms with Gasteiger partial charge >= 0.3 is 0 Å². The molecule has 0 fully saturated rings. The summed E-state index contributed by atoms with van der Waals surface area (Å²) in [6, 6.07) is 2.72. The van der Waals surface area contributed by atoms with Crippen LogP contribution in [0.3, 0.4) is 0 Å². The maximum absolute atomic E-state index is 14.2. The van der Waals surface area contributed by atoms with Gasteiger partial charge < -0.3 is 42.2 Å². The zero-order chi connectivity index (χ0) is 44.8. The molecule has 0 aliphatic rings. The quantitative estimate of drug-likeness (QED) is 0.0794. The van der Waals surface area contributed by atoms with Crippen molar-refractivity contribution in [1.82, 2.24) is 42.2 Å². The third kappa shape index (κ3) is 16.0. The van der Waals surface area contributed by atoms with Gasteiger partial charge in [-0.05, 0) is 47.1 Å². The molecule has 0 aliphatic carbocycles. The van der Waals surface area contributed by atoms with E-state index in [1.54, 1.807) is 6.20 Å². The van der Waals surface area contributed by atoms with Crippen molar-refractivity contribution in [1.29, 1.82) is 0 Å². The number of fused-ring (bicyclic) bond motifs is 1. The Bertz CT molecular complexity index is 1750. The highest BCUT2D eigenvalue weighted by atomic mass is 32.1. The van der Waals surface area contributed by atoms with Gasteiger partial charge in [0.2, 0.25) is 35.4 Å². The molecular formula is C44H72N8O6S. The van der Waals surface area contributed by atoms with E-state index in [-0.39, 0.29) is 42.5 Å². The van der Waals surface area contributed by atoms with E-state index >= 15 is 0 Å². The molecule has 8 N–H and O–H groups in total. The molecule has 0 saturated carbocycles. The van der Waals surface area contributed by atoms with Crippen molar-refractivity contribution in [3.05, 3.63) is 48.3 Å². The molecular weight excluding hydrogens is 769 g/mol. The fourth-order valence-electron chi connectivity index (χ4n) is 6.47. The summed E-state index contributed by atoms with van der Waals surface area (Å²) in [6.07, 6.45) is 5.99. The summed E-state index contributed by atoms with van der Waals surface area (Å²) < 4.78 is 0. The van der Waals surface area contributed by atoms with Crippen LogP contribution in [0.15, 0.2) is 42.7 Å². The standard InChI is InChI=1S/C44H72N8O6S/c1-14-34(59)37(47-23-33(25(4)5)50-40(55)36(27(8)9)51-41(56)35(26(6)7)48-28(10)53)42(57)52-38(44(11,12)13)43(58)49-32(39(54)45-20-19-24(2)3)21-29-22-46-31-18-16-15-17-30(29)31/h15-20,22,24-27,32-38,46-47,59H,14,21,23H2,1-13H3,(H,45,54)(H,48,53)(H,49,58)(H,50,55)(H,51,56)(H,52,57)/b20-19+/t32-,33+,34?,35-,36+,37-,38-/m0/s1. The first-order valence-electron chi connectivity index (χ1n) is 20.9. The number of nitrogens with one attached hydrogen (secondary N) is 8. The van der Waals surface area contributed by atoms with E-state index < -0.39 is 76.5 Å². The number of aromatic nitrogens is 1. The Morgan fingerprint density at radius 3 is 1.85 bits per heavy atom. The molecule has 1 unspecified atom stereocenters. The van der Waals surface area contributed by atoms with Crippen LogP contribution in [-0.2, 0) is 35.2 Å². The summed E-state index contributed by atoms with van der Waals surface area (Å²) >= 11 is 4.75.